The standard InChI is InChI=1S/C13H17N5O4S/c1-2-3-23-13-17-7-10(14)15-5-16-11(7)18(13)12-9(21)8(20)6(4-19)22-12/h2,5-6,8-9,12,19-21H,1,3-4H2,(H2,14,15,16)/t6-,8+,9-,12-/m0/s1. The zero-order valence-corrected chi connectivity index (χ0v) is 12.9. The Labute approximate surface area is 135 Å². The Morgan fingerprint density at radius 3 is 2.83 bits per heavy atom. The van der Waals surface area contributed by atoms with Gasteiger partial charge in [-0.05, 0) is 0 Å². The molecule has 1 aliphatic heterocycles. The normalized spacial score (nSPS) is 27.6. The van der Waals surface area contributed by atoms with Crippen molar-refractivity contribution in [2.45, 2.75) is 29.7 Å². The number of nitrogens with zero attached hydrogens (tertiary/aromatic N) is 4. The molecule has 124 valence electrons. The molecule has 0 radical (unpaired) electrons. The van der Waals surface area contributed by atoms with Crippen molar-refractivity contribution in [3.05, 3.63) is 19.0 Å². The van der Waals surface area contributed by atoms with E-state index in [2.05, 4.69) is 21.5 Å². The van der Waals surface area contributed by atoms with E-state index in [1.165, 1.54) is 18.1 Å². The number of nitrogen functional groups attached to an aromatic ring is 1. The molecule has 2 aromatic heterocycles. The summed E-state index contributed by atoms with van der Waals surface area (Å²) in [5.74, 6) is 0.784. The van der Waals surface area contributed by atoms with Crippen LogP contribution in [0.15, 0.2) is 24.1 Å². The fourth-order valence-electron chi connectivity index (χ4n) is 2.46. The molecule has 0 saturated carbocycles. The molecule has 1 saturated heterocycles. The van der Waals surface area contributed by atoms with E-state index in [4.69, 9.17) is 10.5 Å². The molecule has 5 N–H and O–H groups in total. The molecule has 23 heavy (non-hydrogen) atoms. The molecule has 0 aromatic carbocycles. The van der Waals surface area contributed by atoms with Gasteiger partial charge in [-0.25, -0.2) is 15.0 Å². The highest BCUT2D eigenvalue weighted by Gasteiger charge is 2.45. The molecular weight excluding hydrogens is 322 g/mol. The average molecular weight is 339 g/mol. The van der Waals surface area contributed by atoms with Crippen LogP contribution in [0.1, 0.15) is 6.23 Å². The summed E-state index contributed by atoms with van der Waals surface area (Å²) in [5.41, 5.74) is 6.61. The van der Waals surface area contributed by atoms with Gasteiger partial charge in [0, 0.05) is 5.75 Å². The van der Waals surface area contributed by atoms with Gasteiger partial charge in [0.1, 0.15) is 24.6 Å². The third kappa shape index (κ3) is 2.68. The molecule has 1 aliphatic rings. The Hall–Kier alpha value is -1.72. The molecule has 9 nitrogen and oxygen atoms in total. The first-order valence-corrected chi connectivity index (χ1v) is 7.91. The summed E-state index contributed by atoms with van der Waals surface area (Å²) < 4.78 is 7.14. The lowest BCUT2D eigenvalue weighted by atomic mass is 10.1. The maximum absolute atomic E-state index is 10.3. The van der Waals surface area contributed by atoms with E-state index in [-0.39, 0.29) is 5.82 Å². The smallest absolute Gasteiger partial charge is 0.172 e. The lowest BCUT2D eigenvalue weighted by Gasteiger charge is -2.18. The van der Waals surface area contributed by atoms with Gasteiger partial charge in [-0.1, -0.05) is 17.8 Å². The summed E-state index contributed by atoms with van der Waals surface area (Å²) in [6.45, 7) is 3.25. The summed E-state index contributed by atoms with van der Waals surface area (Å²) in [5, 5.41) is 30.0. The fourth-order valence-corrected chi connectivity index (χ4v) is 3.22. The van der Waals surface area contributed by atoms with E-state index in [0.29, 0.717) is 22.1 Å². The molecule has 10 heteroatoms. The van der Waals surface area contributed by atoms with Crippen LogP contribution in [0.2, 0.25) is 0 Å². The van der Waals surface area contributed by atoms with E-state index in [0.717, 1.165) is 0 Å². The van der Waals surface area contributed by atoms with Crippen LogP contribution >= 0.6 is 11.8 Å². The molecule has 4 atom stereocenters. The first-order valence-electron chi connectivity index (χ1n) is 6.93. The van der Waals surface area contributed by atoms with Crippen molar-refractivity contribution in [1.82, 2.24) is 19.5 Å². The predicted octanol–water partition coefficient (Wildman–Crippen LogP) is -0.702. The van der Waals surface area contributed by atoms with Crippen molar-refractivity contribution >= 4 is 28.7 Å². The van der Waals surface area contributed by atoms with E-state index >= 15 is 0 Å². The third-order valence-electron chi connectivity index (χ3n) is 3.57. The Kier molecular flexibility index (Phi) is 4.50. The number of imidazole rings is 1. The van der Waals surface area contributed by atoms with Gasteiger partial charge >= 0.3 is 0 Å². The Morgan fingerprint density at radius 1 is 1.39 bits per heavy atom. The maximum atomic E-state index is 10.3. The van der Waals surface area contributed by atoms with Gasteiger partial charge in [-0.2, -0.15) is 0 Å². The number of fused-ring (bicyclic) bond motifs is 1. The van der Waals surface area contributed by atoms with Gasteiger partial charge in [0.25, 0.3) is 0 Å². The summed E-state index contributed by atoms with van der Waals surface area (Å²) in [4.78, 5) is 12.5. The number of anilines is 1. The highest BCUT2D eigenvalue weighted by Crippen LogP contribution is 2.36. The van der Waals surface area contributed by atoms with Gasteiger partial charge in [0.15, 0.2) is 28.4 Å². The quantitative estimate of drug-likeness (QED) is 0.411. The molecule has 3 rings (SSSR count). The van der Waals surface area contributed by atoms with Crippen LogP contribution in [0.4, 0.5) is 5.82 Å². The second kappa shape index (κ2) is 6.42. The molecule has 0 aliphatic carbocycles. The number of hydrogen-bond donors (Lipinski definition) is 4. The summed E-state index contributed by atoms with van der Waals surface area (Å²) in [6.07, 6.45) is -1.26. The molecular formula is C13H17N5O4S. The van der Waals surface area contributed by atoms with Crippen LogP contribution in [-0.2, 0) is 4.74 Å². The van der Waals surface area contributed by atoms with Crippen LogP contribution in [0.5, 0.6) is 0 Å². The number of rotatable bonds is 5. The molecule has 0 unspecified atom stereocenters. The Balaban J connectivity index is 2.11. The average Bonchev–Trinajstić information content (AvgIpc) is 3.05. The van der Waals surface area contributed by atoms with Crippen molar-refractivity contribution in [3.63, 3.8) is 0 Å². The van der Waals surface area contributed by atoms with Crippen LogP contribution < -0.4 is 5.73 Å². The van der Waals surface area contributed by atoms with E-state index in [1.54, 1.807) is 10.6 Å². The van der Waals surface area contributed by atoms with E-state index < -0.39 is 31.1 Å². The van der Waals surface area contributed by atoms with Crippen molar-refractivity contribution in [2.24, 2.45) is 0 Å². The summed E-state index contributed by atoms with van der Waals surface area (Å²) in [6, 6.07) is 0. The van der Waals surface area contributed by atoms with Crippen molar-refractivity contribution in [3.8, 4) is 0 Å². The maximum Gasteiger partial charge on any atom is 0.172 e. The van der Waals surface area contributed by atoms with Crippen LogP contribution in [0, 0.1) is 0 Å². The molecule has 0 spiro atoms. The minimum absolute atomic E-state index is 0.209. The molecule has 0 amide bonds. The van der Waals surface area contributed by atoms with Gasteiger partial charge in [0.05, 0.1) is 6.61 Å². The van der Waals surface area contributed by atoms with Crippen molar-refractivity contribution in [2.75, 3.05) is 18.1 Å². The molecule has 3 heterocycles. The predicted molar refractivity (Wildman–Crippen MR) is 83.7 cm³/mol. The zero-order chi connectivity index (χ0) is 16.6. The minimum Gasteiger partial charge on any atom is -0.394 e. The second-order valence-corrected chi connectivity index (χ2v) is 6.01. The Bertz CT molecular complexity index is 724. The second-order valence-electron chi connectivity index (χ2n) is 5.02. The van der Waals surface area contributed by atoms with Crippen molar-refractivity contribution in [1.29, 1.82) is 0 Å². The lowest BCUT2D eigenvalue weighted by molar-refractivity contribution is -0.0548. The molecule has 1 fully saturated rings. The number of aliphatic hydroxyl groups is 3. The van der Waals surface area contributed by atoms with Crippen molar-refractivity contribution < 1.29 is 20.1 Å². The van der Waals surface area contributed by atoms with Crippen LogP contribution in [-0.4, -0.2) is 65.5 Å². The number of hydrogen-bond acceptors (Lipinski definition) is 9. The number of ether oxygens (including phenoxy) is 1. The summed E-state index contributed by atoms with van der Waals surface area (Å²) in [7, 11) is 0. The topological polar surface area (TPSA) is 140 Å². The molecule has 0 bridgehead atoms. The van der Waals surface area contributed by atoms with Gasteiger partial charge in [-0.15, -0.1) is 6.58 Å². The summed E-state index contributed by atoms with van der Waals surface area (Å²) >= 11 is 1.36. The minimum atomic E-state index is -1.23. The van der Waals surface area contributed by atoms with E-state index in [9.17, 15) is 15.3 Å². The number of nitrogens with two attached hydrogens (primary N) is 1. The van der Waals surface area contributed by atoms with Crippen LogP contribution in [0.25, 0.3) is 11.2 Å². The Morgan fingerprint density at radius 2 is 2.17 bits per heavy atom. The lowest BCUT2D eigenvalue weighted by Crippen LogP contribution is -2.33. The highest BCUT2D eigenvalue weighted by molar-refractivity contribution is 7.99. The number of aliphatic hydroxyl groups excluding tert-OH is 3. The van der Waals surface area contributed by atoms with E-state index in [1.807, 2.05) is 0 Å². The largest absolute Gasteiger partial charge is 0.394 e. The third-order valence-corrected chi connectivity index (χ3v) is 4.52. The van der Waals surface area contributed by atoms with Gasteiger partial charge in [-0.3, -0.25) is 4.57 Å². The first-order chi connectivity index (χ1) is 11.1. The zero-order valence-electron chi connectivity index (χ0n) is 12.1. The van der Waals surface area contributed by atoms with Crippen LogP contribution in [0.3, 0.4) is 0 Å². The molecule has 2 aromatic rings. The highest BCUT2D eigenvalue weighted by atomic mass is 32.2. The van der Waals surface area contributed by atoms with Gasteiger partial charge in [0.2, 0.25) is 0 Å². The van der Waals surface area contributed by atoms with Gasteiger partial charge < -0.3 is 25.8 Å². The fraction of sp³-hybridized carbons (Fsp3) is 0.462. The number of thioether (sulfide) groups is 1. The first kappa shape index (κ1) is 16.1. The monoisotopic (exact) mass is 339 g/mol. The number of aromatic nitrogens is 4. The SMILES string of the molecule is C=CCSc1nc2c(N)ncnc2n1[C@H]1O[C@@H](CO)[C@@H](O)[C@@H]1O.